The Balaban J connectivity index is 2.57. The van der Waals surface area contributed by atoms with Gasteiger partial charge in [0.2, 0.25) is 0 Å². The number of benzene rings is 1. The Morgan fingerprint density at radius 2 is 1.80 bits per heavy atom. The Morgan fingerprint density at radius 3 is 2.47 bits per heavy atom. The van der Waals surface area contributed by atoms with E-state index in [9.17, 15) is 10.2 Å². The Bertz CT molecular complexity index is 324. The Kier molecular flexibility index (Phi) is 4.43. The van der Waals surface area contributed by atoms with Crippen molar-refractivity contribution in [3.05, 3.63) is 23.3 Å². The summed E-state index contributed by atoms with van der Waals surface area (Å²) in [5.74, 6) is -0.0595. The van der Waals surface area contributed by atoms with E-state index in [2.05, 4.69) is 5.32 Å². The predicted molar refractivity (Wildman–Crippen MR) is 61.4 cm³/mol. The summed E-state index contributed by atoms with van der Waals surface area (Å²) in [4.78, 5) is 0. The summed E-state index contributed by atoms with van der Waals surface area (Å²) in [5, 5.41) is 21.7. The summed E-state index contributed by atoms with van der Waals surface area (Å²) in [6.07, 6.45) is 3.16. The molecule has 0 atom stereocenters. The maximum absolute atomic E-state index is 9.36. The zero-order valence-electron chi connectivity index (χ0n) is 9.38. The van der Waals surface area contributed by atoms with Crippen molar-refractivity contribution in [3.8, 4) is 11.5 Å². The number of aromatic hydroxyl groups is 2. The topological polar surface area (TPSA) is 52.5 Å². The molecule has 0 aromatic heterocycles. The number of nitrogens with one attached hydrogen (secondary N) is 1. The molecule has 0 radical (unpaired) electrons. The molecule has 0 fully saturated rings. The summed E-state index contributed by atoms with van der Waals surface area (Å²) in [5.41, 5.74) is 2.15. The van der Waals surface area contributed by atoms with Gasteiger partial charge in [-0.05, 0) is 63.0 Å². The van der Waals surface area contributed by atoms with Gasteiger partial charge in [-0.15, -0.1) is 0 Å². The monoisotopic (exact) mass is 209 g/mol. The predicted octanol–water partition coefficient (Wildman–Crippen LogP) is 1.95. The van der Waals surface area contributed by atoms with E-state index in [0.717, 1.165) is 36.9 Å². The molecule has 1 aromatic carbocycles. The molecule has 0 unspecified atom stereocenters. The minimum absolute atomic E-state index is 0.0239. The highest BCUT2D eigenvalue weighted by Gasteiger charge is 2.04. The van der Waals surface area contributed by atoms with Crippen LogP contribution in [-0.4, -0.2) is 23.8 Å². The van der Waals surface area contributed by atoms with Gasteiger partial charge < -0.3 is 15.5 Å². The summed E-state index contributed by atoms with van der Waals surface area (Å²) in [6.45, 7) is 2.97. The molecule has 0 heterocycles. The molecule has 1 aromatic rings. The van der Waals surface area contributed by atoms with Gasteiger partial charge in [0.1, 0.15) is 0 Å². The van der Waals surface area contributed by atoms with Gasteiger partial charge >= 0.3 is 0 Å². The van der Waals surface area contributed by atoms with Crippen molar-refractivity contribution in [1.82, 2.24) is 5.32 Å². The lowest BCUT2D eigenvalue weighted by Crippen LogP contribution is -2.07. The zero-order chi connectivity index (χ0) is 11.3. The molecular formula is C12H19NO2. The van der Waals surface area contributed by atoms with Gasteiger partial charge in [0.15, 0.2) is 11.5 Å². The SMILES string of the molecule is CNCCCCc1cc(O)c(O)cc1C. The third-order valence-corrected chi connectivity index (χ3v) is 2.56. The number of phenolic OH excluding ortho intramolecular Hbond substituents is 2. The van der Waals surface area contributed by atoms with Crippen LogP contribution in [-0.2, 0) is 6.42 Å². The lowest BCUT2D eigenvalue weighted by atomic mass is 10.0. The van der Waals surface area contributed by atoms with Gasteiger partial charge in [0.25, 0.3) is 0 Å². The van der Waals surface area contributed by atoms with E-state index in [4.69, 9.17) is 0 Å². The van der Waals surface area contributed by atoms with E-state index in [-0.39, 0.29) is 11.5 Å². The quantitative estimate of drug-likeness (QED) is 0.513. The maximum Gasteiger partial charge on any atom is 0.157 e. The van der Waals surface area contributed by atoms with Crippen molar-refractivity contribution in [2.45, 2.75) is 26.2 Å². The van der Waals surface area contributed by atoms with E-state index in [1.54, 1.807) is 12.1 Å². The molecule has 3 N–H and O–H groups in total. The molecule has 1 rings (SSSR count). The first-order chi connectivity index (χ1) is 7.15. The fourth-order valence-corrected chi connectivity index (χ4v) is 1.61. The van der Waals surface area contributed by atoms with Gasteiger partial charge in [0, 0.05) is 0 Å². The molecule has 3 nitrogen and oxygen atoms in total. The van der Waals surface area contributed by atoms with Crippen molar-refractivity contribution in [1.29, 1.82) is 0 Å². The molecule has 0 aliphatic rings. The Morgan fingerprint density at radius 1 is 1.13 bits per heavy atom. The van der Waals surface area contributed by atoms with E-state index >= 15 is 0 Å². The number of hydrogen-bond donors (Lipinski definition) is 3. The molecule has 0 spiro atoms. The van der Waals surface area contributed by atoms with Crippen molar-refractivity contribution < 1.29 is 10.2 Å². The highest BCUT2D eigenvalue weighted by atomic mass is 16.3. The van der Waals surface area contributed by atoms with Crippen LogP contribution in [0.25, 0.3) is 0 Å². The van der Waals surface area contributed by atoms with Gasteiger partial charge in [-0.2, -0.15) is 0 Å². The van der Waals surface area contributed by atoms with Crippen LogP contribution in [0.2, 0.25) is 0 Å². The largest absolute Gasteiger partial charge is 0.504 e. The summed E-state index contributed by atoms with van der Waals surface area (Å²) >= 11 is 0. The number of rotatable bonds is 5. The van der Waals surface area contributed by atoms with Crippen molar-refractivity contribution >= 4 is 0 Å². The van der Waals surface area contributed by atoms with Crippen molar-refractivity contribution in [2.75, 3.05) is 13.6 Å². The average molecular weight is 209 g/mol. The molecule has 0 aliphatic heterocycles. The summed E-state index contributed by atoms with van der Waals surface area (Å²) < 4.78 is 0. The Labute approximate surface area is 90.8 Å². The first-order valence-electron chi connectivity index (χ1n) is 5.31. The molecule has 0 saturated heterocycles. The molecule has 0 saturated carbocycles. The number of hydrogen-bond acceptors (Lipinski definition) is 3. The average Bonchev–Trinajstić information content (AvgIpc) is 2.20. The fraction of sp³-hybridized carbons (Fsp3) is 0.500. The lowest BCUT2D eigenvalue weighted by Gasteiger charge is -2.07. The normalized spacial score (nSPS) is 10.5. The standard InChI is InChI=1S/C12H19NO2/c1-9-7-11(14)12(15)8-10(9)5-3-4-6-13-2/h7-8,13-15H,3-6H2,1-2H3. The lowest BCUT2D eigenvalue weighted by molar-refractivity contribution is 0.402. The molecular weight excluding hydrogens is 190 g/mol. The highest BCUT2D eigenvalue weighted by molar-refractivity contribution is 5.45. The molecule has 0 bridgehead atoms. The first-order valence-corrected chi connectivity index (χ1v) is 5.31. The molecule has 0 amide bonds. The van der Waals surface area contributed by atoms with Crippen molar-refractivity contribution in [3.63, 3.8) is 0 Å². The smallest absolute Gasteiger partial charge is 0.157 e. The third-order valence-electron chi connectivity index (χ3n) is 2.56. The summed E-state index contributed by atoms with van der Waals surface area (Å²) in [7, 11) is 1.94. The van der Waals surface area contributed by atoms with E-state index < -0.39 is 0 Å². The fourth-order valence-electron chi connectivity index (χ4n) is 1.61. The van der Waals surface area contributed by atoms with Crippen LogP contribution in [0.5, 0.6) is 11.5 Å². The minimum Gasteiger partial charge on any atom is -0.504 e. The third kappa shape index (κ3) is 3.44. The number of aryl methyl sites for hydroxylation is 2. The van der Waals surface area contributed by atoms with Crippen LogP contribution in [0, 0.1) is 6.92 Å². The molecule has 84 valence electrons. The molecule has 0 aliphatic carbocycles. The maximum atomic E-state index is 9.36. The van der Waals surface area contributed by atoms with E-state index in [1.807, 2.05) is 14.0 Å². The van der Waals surface area contributed by atoms with Crippen LogP contribution in [0.3, 0.4) is 0 Å². The highest BCUT2D eigenvalue weighted by Crippen LogP contribution is 2.28. The van der Waals surface area contributed by atoms with Crippen LogP contribution in [0.15, 0.2) is 12.1 Å². The van der Waals surface area contributed by atoms with Crippen LogP contribution in [0.1, 0.15) is 24.0 Å². The van der Waals surface area contributed by atoms with E-state index in [0.29, 0.717) is 0 Å². The van der Waals surface area contributed by atoms with Gasteiger partial charge in [0.05, 0.1) is 0 Å². The van der Waals surface area contributed by atoms with Crippen molar-refractivity contribution in [2.24, 2.45) is 0 Å². The number of phenols is 2. The van der Waals surface area contributed by atoms with Crippen LogP contribution in [0.4, 0.5) is 0 Å². The first kappa shape index (κ1) is 11.9. The number of unbranched alkanes of at least 4 members (excludes halogenated alkanes) is 1. The van der Waals surface area contributed by atoms with Gasteiger partial charge in [-0.25, -0.2) is 0 Å². The van der Waals surface area contributed by atoms with Gasteiger partial charge in [-0.3, -0.25) is 0 Å². The molecule has 15 heavy (non-hydrogen) atoms. The second-order valence-corrected chi connectivity index (χ2v) is 3.83. The Hall–Kier alpha value is -1.22. The summed E-state index contributed by atoms with van der Waals surface area (Å²) in [6, 6.07) is 3.27. The van der Waals surface area contributed by atoms with E-state index in [1.165, 1.54) is 0 Å². The second-order valence-electron chi connectivity index (χ2n) is 3.83. The second kappa shape index (κ2) is 5.61. The molecule has 3 heteroatoms. The van der Waals surface area contributed by atoms with Crippen LogP contribution < -0.4 is 5.32 Å². The zero-order valence-corrected chi connectivity index (χ0v) is 9.38. The minimum atomic E-state index is -0.0357. The van der Waals surface area contributed by atoms with Gasteiger partial charge in [-0.1, -0.05) is 0 Å². The van der Waals surface area contributed by atoms with Crippen LogP contribution >= 0.6 is 0 Å².